The van der Waals surface area contributed by atoms with E-state index in [1.165, 1.54) is 10.4 Å². The fourth-order valence-corrected chi connectivity index (χ4v) is 4.03. The average Bonchev–Trinajstić information content (AvgIpc) is 3.23. The number of carbonyl (C=O) groups is 1. The zero-order chi connectivity index (χ0) is 19.9. The first-order valence-electron chi connectivity index (χ1n) is 9.46. The number of benzene rings is 2. The molecule has 3 rings (SSSR count). The maximum Gasteiger partial charge on any atom is 0.277 e. The van der Waals surface area contributed by atoms with Crippen LogP contribution >= 0.6 is 11.3 Å². The molecule has 0 radical (unpaired) electrons. The third-order valence-corrected chi connectivity index (χ3v) is 5.79. The Hall–Kier alpha value is -2.63. The Balaban J connectivity index is 1.61. The standard InChI is InChI=1S/C23H27N3OS/c1-25(2)20-13-11-18(12-14-20)17-26(3)22(27)16-24-23(21-10-7-15-28-21)19-8-5-4-6-9-19/h4-15,23-24H,16-17H2,1-3H3/p+1/t23-/m0/s1. The monoisotopic (exact) mass is 394 g/mol. The zero-order valence-electron chi connectivity index (χ0n) is 16.7. The average molecular weight is 395 g/mol. The highest BCUT2D eigenvalue weighted by molar-refractivity contribution is 7.10. The number of nitrogens with two attached hydrogens (primary N) is 1. The highest BCUT2D eigenvalue weighted by atomic mass is 32.1. The first-order chi connectivity index (χ1) is 13.5. The van der Waals surface area contributed by atoms with Gasteiger partial charge < -0.3 is 15.1 Å². The van der Waals surface area contributed by atoms with E-state index >= 15 is 0 Å². The molecule has 1 aromatic heterocycles. The predicted molar refractivity (Wildman–Crippen MR) is 117 cm³/mol. The summed E-state index contributed by atoms with van der Waals surface area (Å²) < 4.78 is 0. The zero-order valence-corrected chi connectivity index (χ0v) is 17.5. The Labute approximate surface area is 171 Å². The van der Waals surface area contributed by atoms with Gasteiger partial charge in [0.2, 0.25) is 0 Å². The molecule has 146 valence electrons. The topological polar surface area (TPSA) is 40.2 Å². The second-order valence-electron chi connectivity index (χ2n) is 7.15. The van der Waals surface area contributed by atoms with Crippen molar-refractivity contribution in [3.05, 3.63) is 88.1 Å². The molecule has 3 aromatic rings. The highest BCUT2D eigenvalue weighted by Crippen LogP contribution is 2.22. The van der Waals surface area contributed by atoms with Crippen molar-refractivity contribution in [2.45, 2.75) is 12.6 Å². The van der Waals surface area contributed by atoms with Crippen LogP contribution in [-0.2, 0) is 11.3 Å². The summed E-state index contributed by atoms with van der Waals surface area (Å²) in [7, 11) is 5.92. The van der Waals surface area contributed by atoms with Crippen molar-refractivity contribution >= 4 is 22.9 Å². The van der Waals surface area contributed by atoms with Crippen LogP contribution in [-0.4, -0.2) is 38.5 Å². The molecular formula is C23H28N3OS+. The molecule has 1 heterocycles. The largest absolute Gasteiger partial charge is 0.378 e. The summed E-state index contributed by atoms with van der Waals surface area (Å²) in [4.78, 5) is 17.9. The molecule has 5 heteroatoms. The lowest BCUT2D eigenvalue weighted by Gasteiger charge is -2.20. The van der Waals surface area contributed by atoms with Crippen LogP contribution < -0.4 is 10.2 Å². The van der Waals surface area contributed by atoms with Gasteiger partial charge >= 0.3 is 0 Å². The lowest BCUT2D eigenvalue weighted by molar-refractivity contribution is -0.676. The number of hydrogen-bond acceptors (Lipinski definition) is 3. The van der Waals surface area contributed by atoms with E-state index in [0.29, 0.717) is 13.1 Å². The number of carbonyl (C=O) groups excluding carboxylic acids is 1. The summed E-state index contributed by atoms with van der Waals surface area (Å²) >= 11 is 1.73. The first-order valence-corrected chi connectivity index (χ1v) is 10.3. The molecule has 0 aliphatic heterocycles. The quantitative estimate of drug-likeness (QED) is 0.638. The summed E-state index contributed by atoms with van der Waals surface area (Å²) in [5.74, 6) is 0.133. The summed E-state index contributed by atoms with van der Waals surface area (Å²) in [6, 6.07) is 23.1. The number of rotatable bonds is 8. The molecule has 0 aliphatic rings. The maximum absolute atomic E-state index is 12.7. The fraction of sp³-hybridized carbons (Fsp3) is 0.261. The second-order valence-corrected chi connectivity index (χ2v) is 8.13. The van der Waals surface area contributed by atoms with E-state index in [-0.39, 0.29) is 11.9 Å². The van der Waals surface area contributed by atoms with Gasteiger partial charge in [0.1, 0.15) is 6.04 Å². The Morgan fingerprint density at radius 3 is 2.29 bits per heavy atom. The normalized spacial score (nSPS) is 11.8. The van der Waals surface area contributed by atoms with Crippen LogP contribution in [0.1, 0.15) is 22.0 Å². The van der Waals surface area contributed by atoms with Crippen molar-refractivity contribution in [3.8, 4) is 0 Å². The number of amides is 1. The van der Waals surface area contributed by atoms with Crippen molar-refractivity contribution in [3.63, 3.8) is 0 Å². The Morgan fingerprint density at radius 1 is 0.964 bits per heavy atom. The fourth-order valence-electron chi connectivity index (χ4n) is 3.18. The lowest BCUT2D eigenvalue weighted by atomic mass is 10.1. The van der Waals surface area contributed by atoms with Gasteiger partial charge in [0, 0.05) is 38.9 Å². The van der Waals surface area contributed by atoms with E-state index in [2.05, 4.69) is 76.3 Å². The molecule has 0 spiro atoms. The SMILES string of the molecule is CN(Cc1ccc(N(C)C)cc1)C(=O)C[NH2+][C@@H](c1ccccc1)c1cccs1. The first kappa shape index (κ1) is 20.1. The summed E-state index contributed by atoms with van der Waals surface area (Å²) in [6.45, 7) is 1.04. The van der Waals surface area contributed by atoms with Crippen LogP contribution in [0.5, 0.6) is 0 Å². The molecule has 2 aromatic carbocycles. The van der Waals surface area contributed by atoms with Crippen molar-refractivity contribution in [2.24, 2.45) is 0 Å². The minimum Gasteiger partial charge on any atom is -0.378 e. The van der Waals surface area contributed by atoms with Crippen LogP contribution in [0, 0.1) is 0 Å². The van der Waals surface area contributed by atoms with Crippen LogP contribution in [0.4, 0.5) is 5.69 Å². The number of nitrogens with zero attached hydrogens (tertiary/aromatic N) is 2. The molecule has 1 atom stereocenters. The van der Waals surface area contributed by atoms with Gasteiger partial charge in [-0.25, -0.2) is 0 Å². The number of likely N-dealkylation sites (N-methyl/N-ethyl adjacent to an activating group) is 1. The van der Waals surface area contributed by atoms with Crippen LogP contribution in [0.25, 0.3) is 0 Å². The van der Waals surface area contributed by atoms with Gasteiger partial charge in [-0.3, -0.25) is 4.79 Å². The van der Waals surface area contributed by atoms with Gasteiger partial charge in [0.05, 0.1) is 4.88 Å². The van der Waals surface area contributed by atoms with Gasteiger partial charge in [-0.1, -0.05) is 48.5 Å². The van der Waals surface area contributed by atoms with Crippen LogP contribution in [0.2, 0.25) is 0 Å². The molecule has 0 bridgehead atoms. The lowest BCUT2D eigenvalue weighted by Crippen LogP contribution is -2.87. The predicted octanol–water partition coefficient (Wildman–Crippen LogP) is 3.13. The van der Waals surface area contributed by atoms with E-state index in [4.69, 9.17) is 0 Å². The highest BCUT2D eigenvalue weighted by Gasteiger charge is 2.21. The molecule has 0 saturated carbocycles. The summed E-state index contributed by atoms with van der Waals surface area (Å²) in [6.07, 6.45) is 0. The smallest absolute Gasteiger partial charge is 0.277 e. The molecule has 4 nitrogen and oxygen atoms in total. The van der Waals surface area contributed by atoms with Gasteiger partial charge in [0.15, 0.2) is 6.54 Å². The van der Waals surface area contributed by atoms with E-state index in [1.807, 2.05) is 27.2 Å². The van der Waals surface area contributed by atoms with E-state index in [9.17, 15) is 4.79 Å². The van der Waals surface area contributed by atoms with Crippen molar-refractivity contribution in [1.82, 2.24) is 4.90 Å². The number of thiophene rings is 1. The van der Waals surface area contributed by atoms with E-state index in [1.54, 1.807) is 16.2 Å². The minimum absolute atomic E-state index is 0.133. The van der Waals surface area contributed by atoms with Gasteiger partial charge in [-0.15, -0.1) is 11.3 Å². The molecule has 0 saturated heterocycles. The third-order valence-electron chi connectivity index (χ3n) is 4.83. The van der Waals surface area contributed by atoms with Crippen LogP contribution in [0.3, 0.4) is 0 Å². The second kappa shape index (κ2) is 9.53. The van der Waals surface area contributed by atoms with Crippen molar-refractivity contribution in [2.75, 3.05) is 32.6 Å². The molecule has 1 amide bonds. The van der Waals surface area contributed by atoms with Crippen molar-refractivity contribution < 1.29 is 10.1 Å². The van der Waals surface area contributed by atoms with Crippen LogP contribution in [0.15, 0.2) is 72.1 Å². The Bertz CT molecular complexity index is 861. The van der Waals surface area contributed by atoms with Gasteiger partial charge in [-0.2, -0.15) is 0 Å². The van der Waals surface area contributed by atoms with Crippen molar-refractivity contribution in [1.29, 1.82) is 0 Å². The molecular weight excluding hydrogens is 366 g/mol. The summed E-state index contributed by atoms with van der Waals surface area (Å²) in [5.41, 5.74) is 3.52. The Morgan fingerprint density at radius 2 is 1.68 bits per heavy atom. The number of anilines is 1. The minimum atomic E-state index is 0.133. The molecule has 0 fully saturated rings. The maximum atomic E-state index is 12.7. The van der Waals surface area contributed by atoms with E-state index in [0.717, 1.165) is 11.3 Å². The number of quaternary nitrogens is 1. The number of hydrogen-bond donors (Lipinski definition) is 1. The molecule has 0 unspecified atom stereocenters. The molecule has 0 aliphatic carbocycles. The van der Waals surface area contributed by atoms with Gasteiger partial charge in [-0.05, 0) is 29.1 Å². The molecule has 28 heavy (non-hydrogen) atoms. The van der Waals surface area contributed by atoms with E-state index < -0.39 is 0 Å². The van der Waals surface area contributed by atoms with Gasteiger partial charge in [0.25, 0.3) is 5.91 Å². The third kappa shape index (κ3) is 5.21. The molecule has 2 N–H and O–H groups in total. The summed E-state index contributed by atoms with van der Waals surface area (Å²) in [5, 5.41) is 4.22. The Kier molecular flexibility index (Phi) is 6.85.